The second-order valence-corrected chi connectivity index (χ2v) is 12.4. The summed E-state index contributed by atoms with van der Waals surface area (Å²) < 4.78 is 15.0. The van der Waals surface area contributed by atoms with Gasteiger partial charge in [-0.25, -0.2) is 9.97 Å². The largest absolute Gasteiger partial charge is 0.489 e. The Morgan fingerprint density at radius 1 is 1.09 bits per heavy atom. The first-order chi connectivity index (χ1) is 21.6. The van der Waals surface area contributed by atoms with Gasteiger partial charge in [0.1, 0.15) is 24.1 Å². The predicted octanol–water partition coefficient (Wildman–Crippen LogP) is 5.86. The van der Waals surface area contributed by atoms with Crippen molar-refractivity contribution in [3.8, 4) is 17.3 Å². The number of carbonyl (C=O) groups is 2. The van der Waals surface area contributed by atoms with Crippen LogP contribution in [0, 0.1) is 0 Å². The molecule has 0 saturated carbocycles. The van der Waals surface area contributed by atoms with E-state index in [1.807, 2.05) is 65.8 Å². The number of nitrogens with one attached hydrogen (secondary N) is 1. The fourth-order valence-electron chi connectivity index (χ4n) is 5.44. The van der Waals surface area contributed by atoms with Crippen molar-refractivity contribution in [1.29, 1.82) is 0 Å². The van der Waals surface area contributed by atoms with E-state index in [2.05, 4.69) is 15.4 Å². The fraction of sp³-hybridized carbons (Fsp3) is 0.219. The zero-order valence-electron chi connectivity index (χ0n) is 23.8. The smallest absolute Gasteiger partial charge is 0.252 e. The lowest BCUT2D eigenvalue weighted by Gasteiger charge is -2.29. The molecule has 1 fully saturated rings. The first kappa shape index (κ1) is 28.1. The van der Waals surface area contributed by atoms with E-state index in [1.54, 1.807) is 46.7 Å². The molecular weight excluding hydrogens is 597 g/mol. The molecule has 1 aliphatic heterocycles. The highest BCUT2D eigenvalue weighted by atomic mass is 32.2. The standard InChI is InChI=1S/C32H28N6O4S2/c1-43-32-36-38-23(18-33-31(38)44-32)29-35-27-24(15-8-16-25(27)42-29)41-19-22-14-9-17-37(22)30(40)26(20-10-4-2-5-11-20)34-28(39)21-12-6-3-7-13-21/h2-8,10-13,15-16,18,22,26H,9,14,17,19H2,1H3,(H,34,39)/t22-,26+/m0/s1. The van der Waals surface area contributed by atoms with E-state index in [-0.39, 0.29) is 24.5 Å². The van der Waals surface area contributed by atoms with Gasteiger partial charge >= 0.3 is 0 Å². The SMILES string of the molecule is CSc1nn2c(-c3nc4c(OC[C@@H]5CCCN5C(=O)[C@H](NC(=O)c5ccccc5)c5ccccc5)cccc4o3)cnc2s1. The zero-order chi connectivity index (χ0) is 30.0. The molecule has 7 rings (SSSR count). The number of ether oxygens (including phenoxy) is 1. The van der Waals surface area contributed by atoms with Gasteiger partial charge in [0, 0.05) is 12.1 Å². The predicted molar refractivity (Wildman–Crippen MR) is 169 cm³/mol. The van der Waals surface area contributed by atoms with Crippen molar-refractivity contribution in [2.45, 2.75) is 29.3 Å². The number of imidazole rings is 1. The number of rotatable bonds is 9. The summed E-state index contributed by atoms with van der Waals surface area (Å²) in [5.41, 5.74) is 3.06. The molecule has 1 aliphatic rings. The molecule has 3 aromatic carbocycles. The maximum Gasteiger partial charge on any atom is 0.252 e. The molecule has 0 bridgehead atoms. The molecule has 0 aliphatic carbocycles. The average Bonchev–Trinajstić information content (AvgIpc) is 3.86. The molecular formula is C32H28N6O4S2. The van der Waals surface area contributed by atoms with Crippen LogP contribution in [0.25, 0.3) is 27.6 Å². The third kappa shape index (κ3) is 5.42. The van der Waals surface area contributed by atoms with Gasteiger partial charge in [-0.2, -0.15) is 4.52 Å². The molecule has 0 unspecified atom stereocenters. The highest BCUT2D eigenvalue weighted by molar-refractivity contribution is 8.00. The van der Waals surface area contributed by atoms with Gasteiger partial charge in [-0.1, -0.05) is 77.7 Å². The summed E-state index contributed by atoms with van der Waals surface area (Å²) in [7, 11) is 0. The molecule has 0 spiro atoms. The van der Waals surface area contributed by atoms with E-state index in [4.69, 9.17) is 14.1 Å². The first-order valence-corrected chi connectivity index (χ1v) is 16.3. The van der Waals surface area contributed by atoms with Gasteiger partial charge in [-0.3, -0.25) is 9.59 Å². The molecule has 1 N–H and O–H groups in total. The van der Waals surface area contributed by atoms with Crippen molar-refractivity contribution < 1.29 is 18.7 Å². The van der Waals surface area contributed by atoms with E-state index in [9.17, 15) is 9.59 Å². The summed E-state index contributed by atoms with van der Waals surface area (Å²) in [6.45, 7) is 0.861. The van der Waals surface area contributed by atoms with Crippen LogP contribution in [0.4, 0.5) is 0 Å². The monoisotopic (exact) mass is 624 g/mol. The number of amides is 2. The van der Waals surface area contributed by atoms with Crippen molar-refractivity contribution in [1.82, 2.24) is 29.8 Å². The molecule has 10 nitrogen and oxygen atoms in total. The van der Waals surface area contributed by atoms with Crippen molar-refractivity contribution in [3.05, 3.63) is 96.2 Å². The number of carbonyl (C=O) groups excluding carboxylic acids is 2. The topological polar surface area (TPSA) is 115 Å². The van der Waals surface area contributed by atoms with Crippen molar-refractivity contribution in [2.75, 3.05) is 19.4 Å². The molecule has 6 aromatic rings. The van der Waals surface area contributed by atoms with E-state index in [0.717, 1.165) is 27.7 Å². The summed E-state index contributed by atoms with van der Waals surface area (Å²) in [5.74, 6) is 0.508. The van der Waals surface area contributed by atoms with Crippen LogP contribution in [-0.4, -0.2) is 61.7 Å². The number of aromatic nitrogens is 4. The first-order valence-electron chi connectivity index (χ1n) is 14.2. The Labute approximate surface area is 261 Å². The van der Waals surface area contributed by atoms with Crippen LogP contribution in [0.15, 0.2) is 93.8 Å². The van der Waals surface area contributed by atoms with Crippen LogP contribution in [0.2, 0.25) is 0 Å². The van der Waals surface area contributed by atoms with E-state index < -0.39 is 6.04 Å². The van der Waals surface area contributed by atoms with Crippen LogP contribution in [0.1, 0.15) is 34.8 Å². The third-order valence-corrected chi connectivity index (χ3v) is 9.52. The summed E-state index contributed by atoms with van der Waals surface area (Å²) in [6, 6.07) is 22.8. The summed E-state index contributed by atoms with van der Waals surface area (Å²) in [5, 5.41) is 7.56. The Balaban J connectivity index is 1.10. The van der Waals surface area contributed by atoms with Crippen LogP contribution in [0.3, 0.4) is 0 Å². The van der Waals surface area contributed by atoms with Crippen LogP contribution >= 0.6 is 23.1 Å². The molecule has 3 aromatic heterocycles. The van der Waals surface area contributed by atoms with Crippen molar-refractivity contribution in [2.24, 2.45) is 0 Å². The highest BCUT2D eigenvalue weighted by Crippen LogP contribution is 2.33. The summed E-state index contributed by atoms with van der Waals surface area (Å²) in [6.07, 6.45) is 5.31. The second kappa shape index (κ2) is 12.1. The Morgan fingerprint density at radius 3 is 2.68 bits per heavy atom. The number of hydrogen-bond acceptors (Lipinski definition) is 9. The van der Waals surface area contributed by atoms with Gasteiger partial charge in [-0.05, 0) is 48.9 Å². The van der Waals surface area contributed by atoms with E-state index >= 15 is 0 Å². The number of para-hydroxylation sites is 1. The number of nitrogens with zero attached hydrogens (tertiary/aromatic N) is 5. The van der Waals surface area contributed by atoms with Crippen LogP contribution in [-0.2, 0) is 4.79 Å². The highest BCUT2D eigenvalue weighted by Gasteiger charge is 2.35. The molecule has 2 atom stereocenters. The van der Waals surface area contributed by atoms with Gasteiger partial charge in [0.05, 0.1) is 12.2 Å². The lowest BCUT2D eigenvalue weighted by Crippen LogP contribution is -2.46. The molecule has 2 amide bonds. The number of hydrogen-bond donors (Lipinski definition) is 1. The normalized spacial score (nSPS) is 15.6. The van der Waals surface area contributed by atoms with Crippen LogP contribution in [0.5, 0.6) is 5.75 Å². The van der Waals surface area contributed by atoms with E-state index in [1.165, 1.54) is 11.3 Å². The fourth-order valence-corrected chi connectivity index (χ4v) is 6.77. The van der Waals surface area contributed by atoms with Crippen molar-refractivity contribution in [3.63, 3.8) is 0 Å². The second-order valence-electron chi connectivity index (χ2n) is 10.4. The molecule has 222 valence electrons. The minimum Gasteiger partial charge on any atom is -0.489 e. The Kier molecular flexibility index (Phi) is 7.75. The van der Waals surface area contributed by atoms with Crippen LogP contribution < -0.4 is 10.1 Å². The number of benzene rings is 3. The number of oxazole rings is 1. The Hall–Kier alpha value is -4.68. The molecule has 4 heterocycles. The summed E-state index contributed by atoms with van der Waals surface area (Å²) >= 11 is 3.06. The molecule has 1 saturated heterocycles. The van der Waals surface area contributed by atoms with E-state index in [0.29, 0.717) is 40.5 Å². The van der Waals surface area contributed by atoms with Gasteiger partial charge in [0.25, 0.3) is 5.91 Å². The van der Waals surface area contributed by atoms with Gasteiger partial charge in [0.15, 0.2) is 15.4 Å². The molecule has 12 heteroatoms. The van der Waals surface area contributed by atoms with Crippen molar-refractivity contribution >= 4 is 51.0 Å². The average molecular weight is 625 g/mol. The number of thioether (sulfide) groups is 1. The Bertz CT molecular complexity index is 1940. The third-order valence-electron chi connectivity index (χ3n) is 7.63. The number of likely N-dealkylation sites (tertiary alicyclic amines) is 1. The number of fused-ring (bicyclic) bond motifs is 2. The minimum absolute atomic E-state index is 0.161. The maximum absolute atomic E-state index is 14.0. The van der Waals surface area contributed by atoms with Gasteiger partial charge in [0.2, 0.25) is 16.8 Å². The Morgan fingerprint density at radius 2 is 1.89 bits per heavy atom. The molecule has 44 heavy (non-hydrogen) atoms. The lowest BCUT2D eigenvalue weighted by molar-refractivity contribution is -0.134. The van der Waals surface area contributed by atoms with Gasteiger partial charge in [-0.15, -0.1) is 5.10 Å². The summed E-state index contributed by atoms with van der Waals surface area (Å²) in [4.78, 5) is 38.9. The van der Waals surface area contributed by atoms with Gasteiger partial charge < -0.3 is 19.4 Å². The molecule has 0 radical (unpaired) electrons. The quantitative estimate of drug-likeness (QED) is 0.199. The lowest BCUT2D eigenvalue weighted by atomic mass is 10.0. The zero-order valence-corrected chi connectivity index (χ0v) is 25.4. The minimum atomic E-state index is -0.823. The maximum atomic E-state index is 14.0.